The van der Waals surface area contributed by atoms with Gasteiger partial charge in [0, 0.05) is 74.0 Å². The highest BCUT2D eigenvalue weighted by Crippen LogP contribution is 2.36. The highest BCUT2D eigenvalue weighted by atomic mass is 32.1. The maximum Gasteiger partial charge on any atom is 0.312 e. The molecule has 6 amide bonds. The first-order valence-electron chi connectivity index (χ1n) is 21.0. The molecule has 1 aliphatic heterocycles. The molecule has 1 fully saturated rings. The van der Waals surface area contributed by atoms with E-state index in [2.05, 4.69) is 26.6 Å². The van der Waals surface area contributed by atoms with E-state index in [4.69, 9.17) is 11.5 Å². The predicted octanol–water partition coefficient (Wildman–Crippen LogP) is 5.73. The number of hydrogen-bond acceptors (Lipinski definition) is 9. The summed E-state index contributed by atoms with van der Waals surface area (Å²) >= 11 is 1.38. The predicted molar refractivity (Wildman–Crippen MR) is 236 cm³/mol. The van der Waals surface area contributed by atoms with Gasteiger partial charge in [-0.05, 0) is 56.2 Å². The van der Waals surface area contributed by atoms with Crippen molar-refractivity contribution in [1.29, 1.82) is 0 Å². The summed E-state index contributed by atoms with van der Waals surface area (Å²) in [7, 11) is 0. The van der Waals surface area contributed by atoms with Crippen molar-refractivity contribution in [3.05, 3.63) is 87.9 Å². The summed E-state index contributed by atoms with van der Waals surface area (Å²) in [5.41, 5.74) is 16.4. The second-order valence-corrected chi connectivity index (χ2v) is 17.3. The number of anilines is 2. The van der Waals surface area contributed by atoms with Gasteiger partial charge in [-0.2, -0.15) is 4.57 Å². The van der Waals surface area contributed by atoms with Crippen molar-refractivity contribution >= 4 is 74.2 Å². The number of fused-ring (bicyclic) bond motifs is 1. The van der Waals surface area contributed by atoms with Gasteiger partial charge in [-0.25, -0.2) is 4.79 Å². The molecule has 3 heterocycles. The lowest BCUT2D eigenvalue weighted by atomic mass is 9.89. The Labute approximate surface area is 360 Å². The lowest BCUT2D eigenvalue weighted by molar-refractivity contribution is -0.666. The highest BCUT2D eigenvalue weighted by Gasteiger charge is 2.35. The number of nitrogens with one attached hydrogen (secondary N) is 3. The average Bonchev–Trinajstić information content (AvgIpc) is 3.69. The van der Waals surface area contributed by atoms with Crippen LogP contribution < -0.4 is 32.0 Å². The van der Waals surface area contributed by atoms with Crippen LogP contribution in [0, 0.1) is 31.6 Å². The quantitative estimate of drug-likeness (QED) is 0.0302. The lowest BCUT2D eigenvalue weighted by Gasteiger charge is -2.24. The number of benzene rings is 2. The fourth-order valence-corrected chi connectivity index (χ4v) is 9.08. The number of hydrogen-bond donors (Lipinski definition) is 5. The summed E-state index contributed by atoms with van der Waals surface area (Å²) in [5, 5.41) is 9.20. The molecule has 2 aromatic heterocycles. The van der Waals surface area contributed by atoms with Gasteiger partial charge in [0.25, 0.3) is 4.83 Å². The topological polar surface area (TPSA) is 215 Å². The molecule has 0 radical (unpaired) electrons. The molecule has 0 spiro atoms. The molecule has 0 saturated carbocycles. The Bertz CT molecular complexity index is 2270. The smallest absolute Gasteiger partial charge is 0.312 e. The summed E-state index contributed by atoms with van der Waals surface area (Å²) < 4.78 is 2.13. The van der Waals surface area contributed by atoms with Gasteiger partial charge in [0.15, 0.2) is 18.0 Å². The second kappa shape index (κ2) is 21.0. The fourth-order valence-electron chi connectivity index (χ4n) is 7.77. The number of aryl methyl sites for hydroxylation is 2. The molecule has 7 N–H and O–H groups in total. The van der Waals surface area contributed by atoms with Gasteiger partial charge < -0.3 is 27.4 Å². The first-order chi connectivity index (χ1) is 29.0. The second-order valence-electron chi connectivity index (χ2n) is 16.4. The fraction of sp³-hybridized carbons (Fsp3) is 0.435. The Morgan fingerprint density at radius 1 is 0.951 bits per heavy atom. The number of urea groups is 1. The number of nitrogen functional groups attached to an aromatic ring is 1. The van der Waals surface area contributed by atoms with Gasteiger partial charge in [-0.1, -0.05) is 81.0 Å². The van der Waals surface area contributed by atoms with Gasteiger partial charge in [-0.3, -0.25) is 33.7 Å². The van der Waals surface area contributed by atoms with E-state index in [0.29, 0.717) is 60.6 Å². The molecule has 5 rings (SSSR count). The van der Waals surface area contributed by atoms with Crippen molar-refractivity contribution < 1.29 is 38.1 Å². The monoisotopic (exact) mass is 852 g/mol. The van der Waals surface area contributed by atoms with Crippen LogP contribution in [-0.2, 0) is 30.5 Å². The molecular weight excluding hydrogens is 795 g/mol. The van der Waals surface area contributed by atoms with Crippen molar-refractivity contribution in [2.75, 3.05) is 24.1 Å². The van der Waals surface area contributed by atoms with E-state index < -0.39 is 18.0 Å². The number of likely N-dealkylation sites (tertiary alicyclic amines) is 1. The van der Waals surface area contributed by atoms with Gasteiger partial charge in [-0.15, -0.1) is 0 Å². The third-order valence-corrected chi connectivity index (χ3v) is 12.4. The summed E-state index contributed by atoms with van der Waals surface area (Å²) in [6, 6.07) is 17.1. The van der Waals surface area contributed by atoms with E-state index in [9.17, 15) is 33.6 Å². The highest BCUT2D eigenvalue weighted by molar-refractivity contribution is 7.21. The number of aromatic nitrogens is 1. The Morgan fingerprint density at radius 3 is 2.30 bits per heavy atom. The minimum absolute atomic E-state index is 0.123. The number of ketones is 2. The standard InChI is InChI=1S/C46H57N7O7S/c1-27(2)40(51-36(55)16-10-7-11-22-52-37(56)24-29(4)44(52)59)35(54)25-33(15-12-21-49-46(48)60)43(58)50-34-19-17-31(18-20-34)26-53-30(5)23-28(3)38-39(47)42(61-45(38)53)41(57)32-13-8-6-9-14-32/h6,8-9,13-14,17-20,23,27,29,33,40H,7,10-12,15-16,21-22,24-26H2,1-5H3,(H6-,47,48,49,50,51,55,57,58,60)/p+1/t29?,33-,40+/m1/s1. The van der Waals surface area contributed by atoms with Crippen LogP contribution in [0.3, 0.4) is 0 Å². The van der Waals surface area contributed by atoms with Crippen LogP contribution in [0.15, 0.2) is 60.7 Å². The number of unbranched alkanes of at least 4 members (excludes halogenated alkanes) is 2. The zero-order valence-electron chi connectivity index (χ0n) is 35.7. The number of nitrogens with zero attached hydrogens (tertiary/aromatic N) is 2. The molecule has 61 heavy (non-hydrogen) atoms. The summed E-state index contributed by atoms with van der Waals surface area (Å²) in [6.07, 6.45) is 2.72. The van der Waals surface area contributed by atoms with Gasteiger partial charge >= 0.3 is 6.03 Å². The Morgan fingerprint density at radius 2 is 1.66 bits per heavy atom. The van der Waals surface area contributed by atoms with E-state index in [1.165, 1.54) is 16.2 Å². The molecule has 0 aliphatic carbocycles. The van der Waals surface area contributed by atoms with E-state index in [1.54, 1.807) is 31.2 Å². The summed E-state index contributed by atoms with van der Waals surface area (Å²) in [6.45, 7) is 10.5. The number of primary amides is 1. The molecule has 1 unspecified atom stereocenters. The van der Waals surface area contributed by atoms with Gasteiger partial charge in [0.05, 0.1) is 17.1 Å². The van der Waals surface area contributed by atoms with Crippen LogP contribution in [0.1, 0.15) is 104 Å². The third-order valence-electron chi connectivity index (χ3n) is 11.2. The van der Waals surface area contributed by atoms with Crippen molar-refractivity contribution in [2.45, 2.75) is 98.6 Å². The molecular formula is C46H58N7O7S+. The first kappa shape index (κ1) is 46.1. The molecule has 1 saturated heterocycles. The van der Waals surface area contributed by atoms with Crippen molar-refractivity contribution in [2.24, 2.45) is 23.5 Å². The van der Waals surface area contributed by atoms with Gasteiger partial charge in [0.2, 0.25) is 29.4 Å². The molecule has 2 aromatic carbocycles. The molecule has 14 nitrogen and oxygen atoms in total. The normalized spacial score (nSPS) is 14.9. The number of thiophene rings is 1. The van der Waals surface area contributed by atoms with Crippen LogP contribution in [-0.4, -0.2) is 65.3 Å². The molecule has 0 bridgehead atoms. The number of rotatable bonds is 21. The molecule has 4 aromatic rings. The van der Waals surface area contributed by atoms with Crippen LogP contribution in [0.5, 0.6) is 0 Å². The first-order valence-corrected chi connectivity index (χ1v) is 21.8. The maximum absolute atomic E-state index is 13.8. The molecule has 3 atom stereocenters. The number of nitrogens with two attached hydrogens (primary N) is 2. The number of Topliss-reactive ketones (excluding diaryl/α,β-unsaturated/α-hetero) is 1. The van der Waals surface area contributed by atoms with Crippen molar-refractivity contribution in [1.82, 2.24) is 15.5 Å². The van der Waals surface area contributed by atoms with Gasteiger partial charge in [0.1, 0.15) is 4.88 Å². The Hall–Kier alpha value is -5.96. The number of carbonyl (C=O) groups is 7. The number of imide groups is 1. The summed E-state index contributed by atoms with van der Waals surface area (Å²) in [5.74, 6) is -2.65. The van der Waals surface area contributed by atoms with Crippen molar-refractivity contribution in [3.63, 3.8) is 0 Å². The van der Waals surface area contributed by atoms with Crippen LogP contribution in [0.4, 0.5) is 16.2 Å². The van der Waals surface area contributed by atoms with Crippen LogP contribution >= 0.6 is 11.3 Å². The minimum atomic E-state index is -0.812. The van der Waals surface area contributed by atoms with E-state index >= 15 is 0 Å². The Kier molecular flexibility index (Phi) is 15.9. The molecule has 324 valence electrons. The van der Waals surface area contributed by atoms with Crippen LogP contribution in [0.2, 0.25) is 0 Å². The van der Waals surface area contributed by atoms with Crippen LogP contribution in [0.25, 0.3) is 10.2 Å². The largest absolute Gasteiger partial charge is 0.397 e. The number of amides is 6. The average molecular weight is 853 g/mol. The molecule has 15 heteroatoms. The lowest BCUT2D eigenvalue weighted by Crippen LogP contribution is -2.45. The van der Waals surface area contributed by atoms with E-state index in [1.807, 2.05) is 58.0 Å². The Balaban J connectivity index is 1.22. The maximum atomic E-state index is 13.8. The SMILES string of the molecule is Cc1cc(C)[n+](Cc2ccc(NC(=O)[C@H](CCCNC(N)=O)CC(=O)[C@@H](NC(=O)CCCCCN3C(=O)CC(C)C3=O)C(C)C)cc2)c2sc(C(=O)c3ccccc3)c(N)c12. The van der Waals surface area contributed by atoms with E-state index in [-0.39, 0.29) is 79.3 Å². The van der Waals surface area contributed by atoms with Crippen molar-refractivity contribution in [3.8, 4) is 0 Å². The third kappa shape index (κ3) is 11.9. The minimum Gasteiger partial charge on any atom is -0.397 e. The summed E-state index contributed by atoms with van der Waals surface area (Å²) in [4.78, 5) is 92.2. The zero-order chi connectivity index (χ0) is 44.4. The zero-order valence-corrected chi connectivity index (χ0v) is 36.5. The molecule has 1 aliphatic rings. The van der Waals surface area contributed by atoms with E-state index in [0.717, 1.165) is 27.0 Å². The number of pyridine rings is 1. The number of carbonyl (C=O) groups excluding carboxylic acids is 7.